The van der Waals surface area contributed by atoms with E-state index in [2.05, 4.69) is 27.5 Å². The molecule has 1 aromatic rings. The lowest BCUT2D eigenvalue weighted by Crippen LogP contribution is -2.43. The highest BCUT2D eigenvalue weighted by Gasteiger charge is 2.21. The minimum absolute atomic E-state index is 0.439. The van der Waals surface area contributed by atoms with Crippen molar-refractivity contribution in [1.82, 2.24) is 14.9 Å². The molecule has 0 aliphatic rings. The van der Waals surface area contributed by atoms with Crippen LogP contribution in [0, 0.1) is 6.92 Å². The van der Waals surface area contributed by atoms with Gasteiger partial charge in [-0.15, -0.1) is 0 Å². The number of aryl methyl sites for hydroxylation is 1. The van der Waals surface area contributed by atoms with Crippen molar-refractivity contribution >= 4 is 11.8 Å². The fourth-order valence-electron chi connectivity index (χ4n) is 1.99. The first-order valence-electron chi connectivity index (χ1n) is 7.03. The molecule has 6 heteroatoms. The molecule has 0 aliphatic heterocycles. The molecular formula is C14H27N5O. The summed E-state index contributed by atoms with van der Waals surface area (Å²) in [4.78, 5) is 10.7. The molecule has 0 radical (unpaired) electrons. The molecule has 20 heavy (non-hydrogen) atoms. The zero-order chi connectivity index (χ0) is 15.2. The van der Waals surface area contributed by atoms with Crippen LogP contribution in [0.5, 0.6) is 0 Å². The Hall–Kier alpha value is -1.40. The summed E-state index contributed by atoms with van der Waals surface area (Å²) in [6.45, 7) is 7.72. The molecule has 1 heterocycles. The minimum atomic E-state index is -0.806. The molecule has 1 rings (SSSR count). The topological polar surface area (TPSA) is 73.3 Å². The summed E-state index contributed by atoms with van der Waals surface area (Å²) in [7, 11) is 3.88. The number of anilines is 2. The lowest BCUT2D eigenvalue weighted by molar-refractivity contribution is 0.0459. The Balaban J connectivity index is 2.65. The lowest BCUT2D eigenvalue weighted by Gasteiger charge is -2.27. The van der Waals surface area contributed by atoms with Gasteiger partial charge in [-0.25, -0.2) is 4.98 Å². The smallest absolute Gasteiger partial charge is 0.224 e. The third-order valence-corrected chi connectivity index (χ3v) is 2.69. The molecule has 1 atom stereocenters. The van der Waals surface area contributed by atoms with Crippen LogP contribution in [0.25, 0.3) is 0 Å². The van der Waals surface area contributed by atoms with Gasteiger partial charge in [-0.2, -0.15) is 4.98 Å². The molecular weight excluding hydrogens is 254 g/mol. The Bertz CT molecular complexity index is 420. The second-order valence-electron chi connectivity index (χ2n) is 5.73. The number of aliphatic hydroxyl groups is 1. The lowest BCUT2D eigenvalue weighted by atomic mass is 10.1. The zero-order valence-corrected chi connectivity index (χ0v) is 13.2. The Morgan fingerprint density at radius 3 is 2.60 bits per heavy atom. The molecule has 1 unspecified atom stereocenters. The van der Waals surface area contributed by atoms with Crippen LogP contribution in [0.4, 0.5) is 11.8 Å². The monoisotopic (exact) mass is 281 g/mol. The van der Waals surface area contributed by atoms with Gasteiger partial charge in [0.15, 0.2) is 0 Å². The second-order valence-corrected chi connectivity index (χ2v) is 5.73. The zero-order valence-electron chi connectivity index (χ0n) is 13.2. The molecule has 3 N–H and O–H groups in total. The number of hydrogen-bond acceptors (Lipinski definition) is 6. The predicted octanol–water partition coefficient (Wildman–Crippen LogP) is 1.33. The summed E-state index contributed by atoms with van der Waals surface area (Å²) >= 11 is 0. The van der Waals surface area contributed by atoms with E-state index in [1.165, 1.54) is 0 Å². The Kier molecular flexibility index (Phi) is 6.16. The summed E-state index contributed by atoms with van der Waals surface area (Å²) in [6.07, 6.45) is 1.03. The average molecular weight is 281 g/mol. The first-order chi connectivity index (χ1) is 9.32. The molecule has 1 aromatic heterocycles. The maximum Gasteiger partial charge on any atom is 0.224 e. The standard InChI is InChI=1S/C14H27N5O/c1-6-7-15-13-17-11(2)8-12(18-13)16-9-14(3,20)10-19(4)5/h8,20H,6-7,9-10H2,1-5H3,(H2,15,16,17,18). The van der Waals surface area contributed by atoms with Crippen molar-refractivity contribution < 1.29 is 5.11 Å². The Labute approximate surface area is 121 Å². The van der Waals surface area contributed by atoms with Crippen molar-refractivity contribution in [3.8, 4) is 0 Å². The van der Waals surface area contributed by atoms with Gasteiger partial charge in [0.2, 0.25) is 5.95 Å². The number of likely N-dealkylation sites (N-methyl/N-ethyl adjacent to an activating group) is 1. The van der Waals surface area contributed by atoms with Gasteiger partial charge in [-0.1, -0.05) is 6.92 Å². The van der Waals surface area contributed by atoms with Gasteiger partial charge in [-0.05, 0) is 34.4 Å². The largest absolute Gasteiger partial charge is 0.387 e. The van der Waals surface area contributed by atoms with Crippen LogP contribution in [-0.4, -0.2) is 59.3 Å². The first-order valence-corrected chi connectivity index (χ1v) is 7.03. The van der Waals surface area contributed by atoms with E-state index in [1.54, 1.807) is 0 Å². The van der Waals surface area contributed by atoms with Crippen LogP contribution in [0.3, 0.4) is 0 Å². The number of hydrogen-bond donors (Lipinski definition) is 3. The van der Waals surface area contributed by atoms with Gasteiger partial charge < -0.3 is 20.6 Å². The van der Waals surface area contributed by atoms with Crippen LogP contribution in [0.1, 0.15) is 26.0 Å². The fourth-order valence-corrected chi connectivity index (χ4v) is 1.99. The molecule has 0 fully saturated rings. The van der Waals surface area contributed by atoms with E-state index in [-0.39, 0.29) is 0 Å². The van der Waals surface area contributed by atoms with Gasteiger partial charge >= 0.3 is 0 Å². The Morgan fingerprint density at radius 2 is 2.00 bits per heavy atom. The van der Waals surface area contributed by atoms with Crippen molar-refractivity contribution in [2.45, 2.75) is 32.8 Å². The van der Waals surface area contributed by atoms with Crippen molar-refractivity contribution in [1.29, 1.82) is 0 Å². The normalized spacial score (nSPS) is 14.2. The first kappa shape index (κ1) is 16.7. The highest BCUT2D eigenvalue weighted by Crippen LogP contribution is 2.12. The van der Waals surface area contributed by atoms with E-state index < -0.39 is 5.60 Å². The molecule has 6 nitrogen and oxygen atoms in total. The van der Waals surface area contributed by atoms with E-state index in [4.69, 9.17) is 0 Å². The fraction of sp³-hybridized carbons (Fsp3) is 0.714. The Morgan fingerprint density at radius 1 is 1.30 bits per heavy atom. The van der Waals surface area contributed by atoms with Gasteiger partial charge in [0.1, 0.15) is 5.82 Å². The molecule has 0 saturated carbocycles. The quantitative estimate of drug-likeness (QED) is 0.667. The summed E-state index contributed by atoms with van der Waals surface area (Å²) in [5.41, 5.74) is 0.0904. The van der Waals surface area contributed by atoms with Crippen LogP contribution in [-0.2, 0) is 0 Å². The van der Waals surface area contributed by atoms with Crippen LogP contribution in [0.15, 0.2) is 6.07 Å². The number of nitrogens with zero attached hydrogens (tertiary/aromatic N) is 3. The van der Waals surface area contributed by atoms with Crippen LogP contribution >= 0.6 is 0 Å². The van der Waals surface area contributed by atoms with E-state index in [0.717, 1.165) is 24.5 Å². The van der Waals surface area contributed by atoms with Crippen LogP contribution in [0.2, 0.25) is 0 Å². The average Bonchev–Trinajstić information content (AvgIpc) is 2.32. The third kappa shape index (κ3) is 6.16. The summed E-state index contributed by atoms with van der Waals surface area (Å²) in [5.74, 6) is 1.36. The number of aromatic nitrogens is 2. The minimum Gasteiger partial charge on any atom is -0.387 e. The van der Waals surface area contributed by atoms with Gasteiger partial charge in [0.25, 0.3) is 0 Å². The molecule has 0 bridgehead atoms. The maximum atomic E-state index is 10.3. The highest BCUT2D eigenvalue weighted by molar-refractivity contribution is 5.42. The van der Waals surface area contributed by atoms with E-state index in [0.29, 0.717) is 19.0 Å². The third-order valence-electron chi connectivity index (χ3n) is 2.69. The molecule has 0 amide bonds. The van der Waals surface area contributed by atoms with Crippen molar-refractivity contribution in [2.75, 3.05) is 44.4 Å². The summed E-state index contributed by atoms with van der Waals surface area (Å²) in [6, 6.07) is 1.88. The summed E-state index contributed by atoms with van der Waals surface area (Å²) in [5, 5.41) is 16.6. The number of rotatable bonds is 8. The maximum absolute atomic E-state index is 10.3. The number of nitrogens with one attached hydrogen (secondary N) is 2. The SMILES string of the molecule is CCCNc1nc(C)cc(NCC(C)(O)CN(C)C)n1. The van der Waals surface area contributed by atoms with Crippen molar-refractivity contribution in [3.05, 3.63) is 11.8 Å². The van der Waals surface area contributed by atoms with Gasteiger partial charge in [0.05, 0.1) is 5.60 Å². The van der Waals surface area contributed by atoms with Crippen LogP contribution < -0.4 is 10.6 Å². The highest BCUT2D eigenvalue weighted by atomic mass is 16.3. The predicted molar refractivity (Wildman–Crippen MR) is 83.2 cm³/mol. The van der Waals surface area contributed by atoms with E-state index in [1.807, 2.05) is 38.9 Å². The molecule has 114 valence electrons. The molecule has 0 spiro atoms. The van der Waals surface area contributed by atoms with E-state index in [9.17, 15) is 5.11 Å². The molecule has 0 aromatic carbocycles. The summed E-state index contributed by atoms with van der Waals surface area (Å²) < 4.78 is 0. The second kappa shape index (κ2) is 7.40. The van der Waals surface area contributed by atoms with Gasteiger partial charge in [0, 0.05) is 31.4 Å². The van der Waals surface area contributed by atoms with E-state index >= 15 is 0 Å². The van der Waals surface area contributed by atoms with Crippen molar-refractivity contribution in [2.24, 2.45) is 0 Å². The van der Waals surface area contributed by atoms with Gasteiger partial charge in [-0.3, -0.25) is 0 Å². The van der Waals surface area contributed by atoms with Crippen molar-refractivity contribution in [3.63, 3.8) is 0 Å². The molecule has 0 aliphatic carbocycles. The molecule has 0 saturated heterocycles.